The molecule has 0 aromatic heterocycles. The Kier molecular flexibility index (Phi) is 5.12. The second-order valence-electron chi connectivity index (χ2n) is 9.76. The molecule has 0 spiro atoms. The lowest BCUT2D eigenvalue weighted by Crippen LogP contribution is -2.61. The van der Waals surface area contributed by atoms with Gasteiger partial charge in [-0.2, -0.15) is 13.2 Å². The Morgan fingerprint density at radius 3 is 2.24 bits per heavy atom. The molecule has 4 aliphatic rings. The third-order valence-electron chi connectivity index (χ3n) is 7.49. The van der Waals surface area contributed by atoms with Crippen LogP contribution in [0.4, 0.5) is 17.6 Å². The molecule has 2 aromatic carbocycles. The summed E-state index contributed by atoms with van der Waals surface area (Å²) in [6.45, 7) is 0. The molecule has 4 nitrogen and oxygen atoms in total. The van der Waals surface area contributed by atoms with Crippen molar-refractivity contribution in [3.63, 3.8) is 0 Å². The molecule has 2 N–H and O–H groups in total. The number of carbonyl (C=O) groups is 2. The van der Waals surface area contributed by atoms with E-state index in [1.165, 1.54) is 18.2 Å². The highest BCUT2D eigenvalue weighted by Crippen LogP contribution is 2.55. The fourth-order valence-electron chi connectivity index (χ4n) is 6.37. The van der Waals surface area contributed by atoms with Gasteiger partial charge in [0.15, 0.2) is 5.78 Å². The quantitative estimate of drug-likeness (QED) is 0.511. The van der Waals surface area contributed by atoms with E-state index < -0.39 is 40.4 Å². The molecule has 0 radical (unpaired) electrons. The first-order valence-corrected chi connectivity index (χ1v) is 11.1. The fraction of sp³-hybridized carbons (Fsp3) is 0.440. The van der Waals surface area contributed by atoms with Crippen LogP contribution in [-0.4, -0.2) is 28.4 Å². The van der Waals surface area contributed by atoms with Crippen LogP contribution in [0, 0.1) is 23.6 Å². The van der Waals surface area contributed by atoms with E-state index in [1.54, 1.807) is 0 Å². The maximum Gasteiger partial charge on any atom is 0.417 e. The van der Waals surface area contributed by atoms with Gasteiger partial charge < -0.3 is 10.4 Å². The molecule has 0 aliphatic heterocycles. The average molecular weight is 461 g/mol. The fourth-order valence-corrected chi connectivity index (χ4v) is 6.37. The van der Waals surface area contributed by atoms with Gasteiger partial charge in [0.1, 0.15) is 5.82 Å². The first-order chi connectivity index (χ1) is 15.5. The van der Waals surface area contributed by atoms with E-state index in [0.29, 0.717) is 24.8 Å². The molecule has 33 heavy (non-hydrogen) atoms. The molecule has 2 atom stereocenters. The maximum absolute atomic E-state index is 14.0. The molecular weight excluding hydrogens is 438 g/mol. The zero-order valence-corrected chi connectivity index (χ0v) is 17.7. The molecule has 1 amide bonds. The van der Waals surface area contributed by atoms with Crippen molar-refractivity contribution >= 4 is 11.7 Å². The molecule has 8 heteroatoms. The number of alkyl halides is 3. The molecule has 2 aromatic rings. The summed E-state index contributed by atoms with van der Waals surface area (Å²) >= 11 is 0. The van der Waals surface area contributed by atoms with Crippen LogP contribution >= 0.6 is 0 Å². The maximum atomic E-state index is 14.0. The summed E-state index contributed by atoms with van der Waals surface area (Å²) in [6.07, 6.45) is -1.31. The van der Waals surface area contributed by atoms with Crippen LogP contribution in [0.1, 0.15) is 63.9 Å². The highest BCUT2D eigenvalue weighted by molar-refractivity contribution is 6.10. The monoisotopic (exact) mass is 461 g/mol. The van der Waals surface area contributed by atoms with Crippen molar-refractivity contribution in [2.24, 2.45) is 17.8 Å². The second-order valence-corrected chi connectivity index (χ2v) is 9.76. The van der Waals surface area contributed by atoms with Gasteiger partial charge in [-0.15, -0.1) is 0 Å². The van der Waals surface area contributed by atoms with Crippen LogP contribution in [0.5, 0.6) is 0 Å². The van der Waals surface area contributed by atoms with Gasteiger partial charge in [-0.05, 0) is 74.1 Å². The number of amides is 1. The van der Waals surface area contributed by atoms with Crippen molar-refractivity contribution in [1.82, 2.24) is 5.32 Å². The van der Waals surface area contributed by atoms with Crippen LogP contribution in [0.25, 0.3) is 0 Å². The van der Waals surface area contributed by atoms with E-state index in [0.717, 1.165) is 37.5 Å². The third-order valence-corrected chi connectivity index (χ3v) is 7.49. The number of rotatable bonds is 4. The van der Waals surface area contributed by atoms with Crippen LogP contribution in [0.15, 0.2) is 42.5 Å². The Morgan fingerprint density at radius 1 is 0.970 bits per heavy atom. The molecule has 4 saturated carbocycles. The van der Waals surface area contributed by atoms with E-state index in [-0.39, 0.29) is 29.0 Å². The molecule has 4 fully saturated rings. The summed E-state index contributed by atoms with van der Waals surface area (Å²) in [6, 6.07) is 7.49. The van der Waals surface area contributed by atoms with Gasteiger partial charge in [-0.25, -0.2) is 4.39 Å². The number of nitrogens with one attached hydrogen (secondary N) is 1. The molecular formula is C25H23F4NO3. The van der Waals surface area contributed by atoms with E-state index in [9.17, 15) is 32.3 Å². The second kappa shape index (κ2) is 7.65. The number of carbonyl (C=O) groups excluding carboxylic acids is 2. The number of ketones is 1. The van der Waals surface area contributed by atoms with Gasteiger partial charge in [0.05, 0.1) is 22.3 Å². The van der Waals surface area contributed by atoms with Gasteiger partial charge in [0.2, 0.25) is 0 Å². The Labute approximate surface area is 188 Å². The number of hydrogen-bond acceptors (Lipinski definition) is 3. The van der Waals surface area contributed by atoms with Crippen LogP contribution < -0.4 is 5.32 Å². The number of hydrogen-bond donors (Lipinski definition) is 2. The highest BCUT2D eigenvalue weighted by Gasteiger charge is 2.55. The Balaban J connectivity index is 1.43. The van der Waals surface area contributed by atoms with Crippen molar-refractivity contribution in [3.8, 4) is 0 Å². The number of halogens is 4. The van der Waals surface area contributed by atoms with Crippen molar-refractivity contribution in [2.45, 2.75) is 49.9 Å². The van der Waals surface area contributed by atoms with E-state index in [1.807, 2.05) is 0 Å². The zero-order valence-electron chi connectivity index (χ0n) is 17.7. The third kappa shape index (κ3) is 3.94. The standard InChI is InChI=1S/C25H23F4NO3/c26-20-4-2-1-3-18(20)22(31)14-5-6-17(19(9-14)25(27,28)29)23(32)30-21-15-7-13-8-16(21)12-24(33,10-13)11-15/h1-6,9,13,15-16,21,33H,7-8,10-12H2,(H,30,32). The normalized spacial score (nSPS) is 30.3. The smallest absolute Gasteiger partial charge is 0.390 e. The lowest BCUT2D eigenvalue weighted by atomic mass is 9.52. The van der Waals surface area contributed by atoms with Crippen LogP contribution in [0.2, 0.25) is 0 Å². The molecule has 174 valence electrons. The summed E-state index contributed by atoms with van der Waals surface area (Å²) in [5, 5.41) is 13.5. The predicted octanol–water partition coefficient (Wildman–Crippen LogP) is 4.74. The molecule has 4 aliphatic carbocycles. The lowest BCUT2D eigenvalue weighted by Gasteiger charge is -2.58. The Hall–Kier alpha value is -2.74. The summed E-state index contributed by atoms with van der Waals surface area (Å²) in [5.41, 5.74) is -3.20. The lowest BCUT2D eigenvalue weighted by molar-refractivity contribution is -0.138. The predicted molar refractivity (Wildman–Crippen MR) is 111 cm³/mol. The first kappa shape index (κ1) is 22.1. The Morgan fingerprint density at radius 2 is 1.64 bits per heavy atom. The van der Waals surface area contributed by atoms with Gasteiger partial charge in [-0.3, -0.25) is 9.59 Å². The molecule has 4 bridgehead atoms. The first-order valence-electron chi connectivity index (χ1n) is 11.1. The van der Waals surface area contributed by atoms with Crippen molar-refractivity contribution in [1.29, 1.82) is 0 Å². The van der Waals surface area contributed by atoms with E-state index >= 15 is 0 Å². The van der Waals surface area contributed by atoms with Crippen molar-refractivity contribution in [3.05, 3.63) is 70.5 Å². The van der Waals surface area contributed by atoms with Crippen molar-refractivity contribution in [2.75, 3.05) is 0 Å². The molecule has 0 heterocycles. The van der Waals surface area contributed by atoms with E-state index in [4.69, 9.17) is 0 Å². The van der Waals surface area contributed by atoms with Crippen LogP contribution in [-0.2, 0) is 6.18 Å². The summed E-state index contributed by atoms with van der Waals surface area (Å²) in [5.74, 6) is -2.09. The van der Waals surface area contributed by atoms with Gasteiger partial charge in [-0.1, -0.05) is 18.2 Å². The number of benzene rings is 2. The van der Waals surface area contributed by atoms with Gasteiger partial charge in [0.25, 0.3) is 5.91 Å². The minimum absolute atomic E-state index is 0.0430. The highest BCUT2D eigenvalue weighted by atomic mass is 19.4. The van der Waals surface area contributed by atoms with Gasteiger partial charge >= 0.3 is 6.18 Å². The number of aliphatic hydroxyl groups is 1. The van der Waals surface area contributed by atoms with Crippen LogP contribution in [0.3, 0.4) is 0 Å². The molecule has 6 rings (SSSR count). The minimum atomic E-state index is -4.88. The van der Waals surface area contributed by atoms with Crippen molar-refractivity contribution < 1.29 is 32.3 Å². The zero-order chi connectivity index (χ0) is 23.5. The SMILES string of the molecule is O=C(c1ccc(C(=O)NC2C3CC4CC2CC(O)(C4)C3)c(C(F)(F)F)c1)c1ccccc1F. The average Bonchev–Trinajstić information content (AvgIpc) is 2.74. The summed E-state index contributed by atoms with van der Waals surface area (Å²) < 4.78 is 55.5. The summed E-state index contributed by atoms with van der Waals surface area (Å²) in [4.78, 5) is 25.6. The molecule has 0 saturated heterocycles. The molecule has 2 unspecified atom stereocenters. The summed E-state index contributed by atoms with van der Waals surface area (Å²) in [7, 11) is 0. The largest absolute Gasteiger partial charge is 0.417 e. The Bertz CT molecular complexity index is 1110. The van der Waals surface area contributed by atoms with Gasteiger partial charge in [0, 0.05) is 11.6 Å². The van der Waals surface area contributed by atoms with E-state index in [2.05, 4.69) is 5.32 Å². The minimum Gasteiger partial charge on any atom is -0.390 e. The topological polar surface area (TPSA) is 66.4 Å².